The van der Waals surface area contributed by atoms with Gasteiger partial charge in [-0.1, -0.05) is 12.8 Å². The molecule has 146 valence electrons. The third kappa shape index (κ3) is 3.74. The van der Waals surface area contributed by atoms with Crippen molar-refractivity contribution in [3.8, 4) is 11.5 Å². The first-order valence-electron chi connectivity index (χ1n) is 9.86. The average Bonchev–Trinajstić information content (AvgIpc) is 3.38. The molecule has 27 heavy (non-hydrogen) atoms. The van der Waals surface area contributed by atoms with Gasteiger partial charge in [-0.05, 0) is 25.8 Å². The van der Waals surface area contributed by atoms with E-state index in [1.807, 2.05) is 12.1 Å². The monoisotopic (exact) mass is 372 g/mol. The fourth-order valence-electron chi connectivity index (χ4n) is 4.22. The minimum absolute atomic E-state index is 0.110. The Morgan fingerprint density at radius 1 is 1.30 bits per heavy atom. The van der Waals surface area contributed by atoms with Crippen LogP contribution in [0.4, 0.5) is 5.95 Å². The van der Waals surface area contributed by atoms with Crippen LogP contribution >= 0.6 is 0 Å². The first kappa shape index (κ1) is 18.1. The molecule has 0 unspecified atom stereocenters. The maximum atomic E-state index is 11.7. The number of hydrogen-bond donors (Lipinski definition) is 2. The van der Waals surface area contributed by atoms with Gasteiger partial charge in [-0.2, -0.15) is 0 Å². The first-order valence-corrected chi connectivity index (χ1v) is 9.86. The van der Waals surface area contributed by atoms with Gasteiger partial charge in [0.2, 0.25) is 11.9 Å². The lowest BCUT2D eigenvalue weighted by Crippen LogP contribution is -2.15. The summed E-state index contributed by atoms with van der Waals surface area (Å²) in [5, 5.41) is 6.26. The average molecular weight is 372 g/mol. The summed E-state index contributed by atoms with van der Waals surface area (Å²) < 4.78 is 13.8. The van der Waals surface area contributed by atoms with Crippen LogP contribution in [0.2, 0.25) is 0 Å². The van der Waals surface area contributed by atoms with E-state index in [4.69, 9.17) is 14.5 Å². The number of carbonyl (C=O) groups excluding carboxylic acids is 1. The second-order valence-electron chi connectivity index (χ2n) is 7.59. The van der Waals surface area contributed by atoms with E-state index in [-0.39, 0.29) is 5.91 Å². The number of nitrogens with zero attached hydrogens (tertiary/aromatic N) is 2. The van der Waals surface area contributed by atoms with Crippen LogP contribution < -0.4 is 20.1 Å². The third-order valence-corrected chi connectivity index (χ3v) is 5.59. The minimum atomic E-state index is -0.110. The number of rotatable bonds is 6. The normalized spacial score (nSPS) is 20.3. The van der Waals surface area contributed by atoms with Crippen molar-refractivity contribution in [2.75, 3.05) is 32.1 Å². The van der Waals surface area contributed by atoms with Gasteiger partial charge < -0.3 is 19.4 Å². The number of nitrogens with one attached hydrogen (secondary N) is 2. The molecule has 7 heteroatoms. The lowest BCUT2D eigenvalue weighted by Gasteiger charge is -2.17. The summed E-state index contributed by atoms with van der Waals surface area (Å²) in [4.78, 5) is 16.4. The quantitative estimate of drug-likeness (QED) is 0.815. The maximum absolute atomic E-state index is 11.7. The molecule has 0 radical (unpaired) electrons. The van der Waals surface area contributed by atoms with Crippen LogP contribution in [0.5, 0.6) is 11.5 Å². The van der Waals surface area contributed by atoms with E-state index in [0.717, 1.165) is 43.4 Å². The fourth-order valence-corrected chi connectivity index (χ4v) is 4.22. The summed E-state index contributed by atoms with van der Waals surface area (Å²) in [7, 11) is 1.66. The van der Waals surface area contributed by atoms with Gasteiger partial charge >= 0.3 is 0 Å². The van der Waals surface area contributed by atoms with Gasteiger partial charge in [0, 0.05) is 37.6 Å². The molecule has 1 aliphatic heterocycles. The predicted molar refractivity (Wildman–Crippen MR) is 105 cm³/mol. The van der Waals surface area contributed by atoms with Crippen molar-refractivity contribution in [3.63, 3.8) is 0 Å². The summed E-state index contributed by atoms with van der Waals surface area (Å²) in [6.07, 6.45) is 5.75. The van der Waals surface area contributed by atoms with E-state index in [1.165, 1.54) is 19.8 Å². The first-order chi connectivity index (χ1) is 13.2. The number of carbonyl (C=O) groups is 1. The Bertz CT molecular complexity index is 820. The van der Waals surface area contributed by atoms with Crippen molar-refractivity contribution in [2.24, 2.45) is 5.92 Å². The van der Waals surface area contributed by atoms with Crippen LogP contribution in [0, 0.1) is 5.92 Å². The van der Waals surface area contributed by atoms with Crippen molar-refractivity contribution in [2.45, 2.75) is 45.1 Å². The molecular weight excluding hydrogens is 344 g/mol. The van der Waals surface area contributed by atoms with E-state index >= 15 is 0 Å². The van der Waals surface area contributed by atoms with Gasteiger partial charge in [-0.15, -0.1) is 0 Å². The zero-order valence-electron chi connectivity index (χ0n) is 16.1. The number of benzene rings is 1. The number of imidazole rings is 1. The maximum Gasteiger partial charge on any atom is 0.223 e. The molecule has 2 fully saturated rings. The largest absolute Gasteiger partial charge is 0.493 e. The van der Waals surface area contributed by atoms with E-state index in [9.17, 15) is 4.79 Å². The third-order valence-electron chi connectivity index (χ3n) is 5.59. The minimum Gasteiger partial charge on any atom is -0.493 e. The fraction of sp³-hybridized carbons (Fsp3) is 0.600. The molecule has 1 aromatic carbocycles. The van der Waals surface area contributed by atoms with E-state index in [0.29, 0.717) is 36.0 Å². The van der Waals surface area contributed by atoms with E-state index < -0.39 is 0 Å². The molecule has 2 aromatic rings. The number of anilines is 1. The van der Waals surface area contributed by atoms with Crippen molar-refractivity contribution >= 4 is 22.9 Å². The molecule has 0 bridgehead atoms. The van der Waals surface area contributed by atoms with Crippen molar-refractivity contribution in [1.82, 2.24) is 14.9 Å². The van der Waals surface area contributed by atoms with Crippen molar-refractivity contribution in [3.05, 3.63) is 12.1 Å². The summed E-state index contributed by atoms with van der Waals surface area (Å²) in [5.41, 5.74) is 1.81. The van der Waals surface area contributed by atoms with Crippen LogP contribution in [-0.4, -0.2) is 42.3 Å². The van der Waals surface area contributed by atoms with Crippen LogP contribution in [0.1, 0.15) is 45.1 Å². The van der Waals surface area contributed by atoms with Crippen LogP contribution in [-0.2, 0) is 4.79 Å². The highest BCUT2D eigenvalue weighted by Crippen LogP contribution is 2.39. The van der Waals surface area contributed by atoms with Gasteiger partial charge in [0.1, 0.15) is 0 Å². The van der Waals surface area contributed by atoms with Gasteiger partial charge in [0.05, 0.1) is 24.8 Å². The highest BCUT2D eigenvalue weighted by Gasteiger charge is 2.25. The second-order valence-corrected chi connectivity index (χ2v) is 7.59. The molecule has 4 rings (SSSR count). The van der Waals surface area contributed by atoms with Crippen LogP contribution in [0.3, 0.4) is 0 Å². The van der Waals surface area contributed by atoms with Gasteiger partial charge in [-0.3, -0.25) is 10.1 Å². The highest BCUT2D eigenvalue weighted by molar-refractivity contribution is 5.90. The van der Waals surface area contributed by atoms with Crippen LogP contribution in [0.15, 0.2) is 12.1 Å². The Balaban J connectivity index is 1.70. The Labute approximate surface area is 159 Å². The standard InChI is InChI=1S/C20H28N4O3/c1-13(25)22-20-23-16-9-19(27-12-14-7-8-21-11-14)18(26-2)10-17(16)24(20)15-5-3-4-6-15/h9-10,14-15,21H,3-8,11-12H2,1-2H3,(H,22,23,25)/t14-/m1/s1. The summed E-state index contributed by atoms with van der Waals surface area (Å²) in [5.74, 6) is 2.45. The molecule has 1 atom stereocenters. The van der Waals surface area contributed by atoms with Gasteiger partial charge in [0.15, 0.2) is 11.5 Å². The number of amides is 1. The highest BCUT2D eigenvalue weighted by atomic mass is 16.5. The molecule has 7 nitrogen and oxygen atoms in total. The summed E-state index contributed by atoms with van der Waals surface area (Å²) in [6, 6.07) is 4.29. The molecule has 1 saturated carbocycles. The zero-order chi connectivity index (χ0) is 18.8. The number of ether oxygens (including phenoxy) is 2. The number of aromatic nitrogens is 2. The lowest BCUT2D eigenvalue weighted by molar-refractivity contribution is -0.114. The number of methoxy groups -OCH3 is 1. The van der Waals surface area contributed by atoms with Gasteiger partial charge in [-0.25, -0.2) is 4.98 Å². The molecule has 1 amide bonds. The molecule has 0 spiro atoms. The van der Waals surface area contributed by atoms with Crippen molar-refractivity contribution < 1.29 is 14.3 Å². The summed E-state index contributed by atoms with van der Waals surface area (Å²) >= 11 is 0. The Kier molecular flexibility index (Phi) is 5.20. The smallest absolute Gasteiger partial charge is 0.223 e. The van der Waals surface area contributed by atoms with Crippen molar-refractivity contribution in [1.29, 1.82) is 0 Å². The van der Waals surface area contributed by atoms with E-state index in [2.05, 4.69) is 15.2 Å². The molecular formula is C20H28N4O3. The predicted octanol–water partition coefficient (Wildman–Crippen LogP) is 3.11. The SMILES string of the molecule is COc1cc2c(cc1OC[C@@H]1CCNC1)nc(NC(C)=O)n2C1CCCC1. The molecule has 2 aliphatic rings. The molecule has 1 aliphatic carbocycles. The Hall–Kier alpha value is -2.28. The molecule has 2 heterocycles. The summed E-state index contributed by atoms with van der Waals surface area (Å²) in [6.45, 7) is 4.23. The zero-order valence-corrected chi connectivity index (χ0v) is 16.1. The van der Waals surface area contributed by atoms with Gasteiger partial charge in [0.25, 0.3) is 0 Å². The number of hydrogen-bond acceptors (Lipinski definition) is 5. The molecule has 2 N–H and O–H groups in total. The molecule has 1 saturated heterocycles. The number of fused-ring (bicyclic) bond motifs is 1. The second kappa shape index (κ2) is 7.76. The topological polar surface area (TPSA) is 77.4 Å². The lowest BCUT2D eigenvalue weighted by atomic mass is 10.1. The van der Waals surface area contributed by atoms with Crippen LogP contribution in [0.25, 0.3) is 11.0 Å². The molecule has 1 aromatic heterocycles. The Morgan fingerprint density at radius 2 is 2.11 bits per heavy atom. The Morgan fingerprint density at radius 3 is 2.78 bits per heavy atom. The van der Waals surface area contributed by atoms with E-state index in [1.54, 1.807) is 7.11 Å².